The standard InChI is InChI=1S/C23H23BrClN5O3/c1-5-33-22(31)19-20(29(3)23(24)26-19)17(15-6-8-16(25)9-7-15)10-14-11-18(32-4)21-28-27-13(2)30(21)12-14/h6-9,11-12,17H,5,10H2,1-4H3. The molecule has 4 rings (SSSR count). The molecule has 3 aromatic heterocycles. The van der Waals surface area contributed by atoms with Crippen LogP contribution in [0.4, 0.5) is 0 Å². The fraction of sp³-hybridized carbons (Fsp3) is 0.304. The van der Waals surface area contributed by atoms with Crippen molar-refractivity contribution in [3.63, 3.8) is 0 Å². The summed E-state index contributed by atoms with van der Waals surface area (Å²) in [6.45, 7) is 3.92. The molecule has 0 aliphatic carbocycles. The van der Waals surface area contributed by atoms with Crippen LogP contribution in [0.25, 0.3) is 5.65 Å². The molecule has 0 saturated heterocycles. The van der Waals surface area contributed by atoms with E-state index in [-0.39, 0.29) is 18.2 Å². The van der Waals surface area contributed by atoms with Crippen LogP contribution in [0.1, 0.15) is 46.0 Å². The molecule has 0 aliphatic heterocycles. The highest BCUT2D eigenvalue weighted by atomic mass is 79.9. The number of methoxy groups -OCH3 is 1. The molecule has 1 unspecified atom stereocenters. The van der Waals surface area contributed by atoms with Gasteiger partial charge in [0.1, 0.15) is 5.82 Å². The van der Waals surface area contributed by atoms with Gasteiger partial charge in [-0.2, -0.15) is 0 Å². The van der Waals surface area contributed by atoms with Crippen LogP contribution in [0.5, 0.6) is 5.75 Å². The molecule has 33 heavy (non-hydrogen) atoms. The summed E-state index contributed by atoms with van der Waals surface area (Å²) in [5.74, 6) is 0.698. The van der Waals surface area contributed by atoms with Crippen molar-refractivity contribution >= 4 is 39.1 Å². The predicted molar refractivity (Wildman–Crippen MR) is 128 cm³/mol. The molecule has 3 heterocycles. The third-order valence-electron chi connectivity index (χ3n) is 5.51. The average Bonchev–Trinajstić information content (AvgIpc) is 3.32. The number of fused-ring (bicyclic) bond motifs is 1. The number of esters is 1. The number of ether oxygens (including phenoxy) is 2. The van der Waals surface area contributed by atoms with E-state index >= 15 is 0 Å². The molecule has 0 radical (unpaired) electrons. The number of halogens is 2. The van der Waals surface area contributed by atoms with Crippen molar-refractivity contribution < 1.29 is 14.3 Å². The summed E-state index contributed by atoms with van der Waals surface area (Å²) in [7, 11) is 3.47. The van der Waals surface area contributed by atoms with Crippen molar-refractivity contribution in [1.29, 1.82) is 0 Å². The van der Waals surface area contributed by atoms with Crippen LogP contribution in [0.3, 0.4) is 0 Å². The van der Waals surface area contributed by atoms with E-state index in [4.69, 9.17) is 21.1 Å². The van der Waals surface area contributed by atoms with Gasteiger partial charge in [-0.15, -0.1) is 10.2 Å². The van der Waals surface area contributed by atoms with Gasteiger partial charge < -0.3 is 14.0 Å². The molecule has 0 spiro atoms. The molecule has 172 valence electrons. The van der Waals surface area contributed by atoms with Gasteiger partial charge in [0.25, 0.3) is 0 Å². The molecule has 0 fully saturated rings. The second-order valence-corrected chi connectivity index (χ2v) is 8.71. The second-order valence-electron chi connectivity index (χ2n) is 7.56. The maximum Gasteiger partial charge on any atom is 0.358 e. The Morgan fingerprint density at radius 2 is 1.97 bits per heavy atom. The number of imidazole rings is 1. The van der Waals surface area contributed by atoms with E-state index in [1.807, 2.05) is 59.5 Å². The topological polar surface area (TPSA) is 83.5 Å². The first-order valence-electron chi connectivity index (χ1n) is 10.4. The molecule has 4 aromatic rings. The first-order chi connectivity index (χ1) is 15.8. The quantitative estimate of drug-likeness (QED) is 0.320. The Labute approximate surface area is 204 Å². The summed E-state index contributed by atoms with van der Waals surface area (Å²) in [4.78, 5) is 17.2. The molecule has 1 aromatic carbocycles. The van der Waals surface area contributed by atoms with Gasteiger partial charge in [0, 0.05) is 24.2 Å². The Morgan fingerprint density at radius 3 is 2.64 bits per heavy atom. The van der Waals surface area contributed by atoms with Crippen LogP contribution in [-0.4, -0.2) is 43.8 Å². The van der Waals surface area contributed by atoms with E-state index in [9.17, 15) is 4.79 Å². The van der Waals surface area contributed by atoms with Gasteiger partial charge in [0.2, 0.25) is 5.65 Å². The zero-order chi connectivity index (χ0) is 23.7. The Bertz CT molecular complexity index is 1320. The minimum Gasteiger partial charge on any atom is -0.493 e. The van der Waals surface area contributed by atoms with Gasteiger partial charge in [0.15, 0.2) is 16.2 Å². The molecule has 1 atom stereocenters. The normalized spacial score (nSPS) is 12.2. The molecular formula is C23H23BrClN5O3. The molecule has 0 bridgehead atoms. The van der Waals surface area contributed by atoms with E-state index in [0.29, 0.717) is 27.6 Å². The number of carbonyl (C=O) groups is 1. The Morgan fingerprint density at radius 1 is 1.24 bits per heavy atom. The Hall–Kier alpha value is -2.91. The van der Waals surface area contributed by atoms with Crippen LogP contribution >= 0.6 is 27.5 Å². The van der Waals surface area contributed by atoms with E-state index in [2.05, 4.69) is 31.1 Å². The van der Waals surface area contributed by atoms with Crippen LogP contribution < -0.4 is 4.74 Å². The smallest absolute Gasteiger partial charge is 0.358 e. The maximum absolute atomic E-state index is 12.8. The van der Waals surface area contributed by atoms with Gasteiger partial charge in [-0.3, -0.25) is 4.40 Å². The third kappa shape index (κ3) is 4.47. The van der Waals surface area contributed by atoms with Crippen molar-refractivity contribution in [2.24, 2.45) is 7.05 Å². The van der Waals surface area contributed by atoms with Crippen LogP contribution in [0.15, 0.2) is 41.3 Å². The van der Waals surface area contributed by atoms with Gasteiger partial charge in [-0.1, -0.05) is 23.7 Å². The zero-order valence-corrected chi connectivity index (χ0v) is 21.0. The highest BCUT2D eigenvalue weighted by Crippen LogP contribution is 2.34. The van der Waals surface area contributed by atoms with E-state index < -0.39 is 5.97 Å². The lowest BCUT2D eigenvalue weighted by Crippen LogP contribution is -2.16. The van der Waals surface area contributed by atoms with Crippen LogP contribution in [0.2, 0.25) is 5.02 Å². The van der Waals surface area contributed by atoms with E-state index in [1.165, 1.54) is 0 Å². The molecular weight excluding hydrogens is 510 g/mol. The highest BCUT2D eigenvalue weighted by Gasteiger charge is 2.29. The number of rotatable bonds is 7. The Kier molecular flexibility index (Phi) is 6.71. The SMILES string of the molecule is CCOC(=O)c1nc(Br)n(C)c1C(Cc1cc(OC)c2nnc(C)n2c1)c1ccc(Cl)cc1. The summed E-state index contributed by atoms with van der Waals surface area (Å²) in [5, 5.41) is 9.00. The third-order valence-corrected chi connectivity index (χ3v) is 6.48. The first kappa shape index (κ1) is 23.3. The average molecular weight is 533 g/mol. The lowest BCUT2D eigenvalue weighted by molar-refractivity contribution is 0.0518. The largest absolute Gasteiger partial charge is 0.493 e. The van der Waals surface area contributed by atoms with E-state index in [1.54, 1.807) is 14.0 Å². The van der Waals surface area contributed by atoms with Crippen molar-refractivity contribution in [2.75, 3.05) is 13.7 Å². The number of benzene rings is 1. The summed E-state index contributed by atoms with van der Waals surface area (Å²) >= 11 is 9.62. The number of aromatic nitrogens is 5. The Balaban J connectivity index is 1.88. The number of aryl methyl sites for hydroxylation is 1. The summed E-state index contributed by atoms with van der Waals surface area (Å²) < 4.78 is 15.2. The number of carbonyl (C=O) groups excluding carboxylic acids is 1. The van der Waals surface area contributed by atoms with Gasteiger partial charge >= 0.3 is 5.97 Å². The minimum absolute atomic E-state index is 0.218. The summed E-state index contributed by atoms with van der Waals surface area (Å²) in [5.41, 5.74) is 3.63. The molecule has 10 heteroatoms. The number of nitrogens with zero attached hydrogens (tertiary/aromatic N) is 5. The van der Waals surface area contributed by atoms with E-state index in [0.717, 1.165) is 22.6 Å². The second kappa shape index (κ2) is 9.52. The number of hydrogen-bond acceptors (Lipinski definition) is 6. The highest BCUT2D eigenvalue weighted by molar-refractivity contribution is 9.10. The van der Waals surface area contributed by atoms with Crippen molar-refractivity contribution in [1.82, 2.24) is 24.1 Å². The first-order valence-corrected chi connectivity index (χ1v) is 11.5. The molecule has 0 amide bonds. The monoisotopic (exact) mass is 531 g/mol. The van der Waals surface area contributed by atoms with Crippen LogP contribution in [-0.2, 0) is 18.2 Å². The molecule has 8 nitrogen and oxygen atoms in total. The predicted octanol–water partition coefficient (Wildman–Crippen LogP) is 4.75. The van der Waals surface area contributed by atoms with Crippen molar-refractivity contribution in [2.45, 2.75) is 26.2 Å². The molecule has 0 aliphatic rings. The maximum atomic E-state index is 12.8. The zero-order valence-electron chi connectivity index (χ0n) is 18.7. The fourth-order valence-electron chi connectivity index (χ4n) is 3.92. The molecule has 0 saturated carbocycles. The summed E-state index contributed by atoms with van der Waals surface area (Å²) in [6, 6.07) is 9.55. The van der Waals surface area contributed by atoms with Crippen LogP contribution in [0, 0.1) is 6.92 Å². The number of hydrogen-bond donors (Lipinski definition) is 0. The number of pyridine rings is 1. The molecule has 0 N–H and O–H groups in total. The minimum atomic E-state index is -0.463. The summed E-state index contributed by atoms with van der Waals surface area (Å²) in [6.07, 6.45) is 2.55. The van der Waals surface area contributed by atoms with Gasteiger partial charge in [0.05, 0.1) is 19.4 Å². The lowest BCUT2D eigenvalue weighted by Gasteiger charge is -2.20. The lowest BCUT2D eigenvalue weighted by atomic mass is 9.88. The van der Waals surface area contributed by atoms with Gasteiger partial charge in [-0.05, 0) is 65.5 Å². The van der Waals surface area contributed by atoms with Crippen molar-refractivity contribution in [3.05, 3.63) is 74.6 Å². The fourth-order valence-corrected chi connectivity index (χ4v) is 4.42. The van der Waals surface area contributed by atoms with Crippen molar-refractivity contribution in [3.8, 4) is 5.75 Å². The van der Waals surface area contributed by atoms with Gasteiger partial charge in [-0.25, -0.2) is 9.78 Å².